The molecule has 0 aromatic carbocycles. The van der Waals surface area contributed by atoms with Crippen LogP contribution >= 0.6 is 0 Å². The van der Waals surface area contributed by atoms with Gasteiger partial charge >= 0.3 is 0 Å². The molecule has 0 aromatic rings. The lowest BCUT2D eigenvalue weighted by molar-refractivity contribution is -0.121. The summed E-state index contributed by atoms with van der Waals surface area (Å²) in [6, 6.07) is 0. The molecular formula is C11H18O3. The van der Waals surface area contributed by atoms with Crippen molar-refractivity contribution in [2.75, 3.05) is 20.8 Å². The zero-order valence-electron chi connectivity index (χ0n) is 9.08. The van der Waals surface area contributed by atoms with Gasteiger partial charge in [-0.2, -0.15) is 0 Å². The quantitative estimate of drug-likeness (QED) is 0.641. The van der Waals surface area contributed by atoms with E-state index in [4.69, 9.17) is 14.2 Å². The first-order valence-electron chi connectivity index (χ1n) is 5.02. The third-order valence-electron chi connectivity index (χ3n) is 3.41. The van der Waals surface area contributed by atoms with E-state index in [9.17, 15) is 0 Å². The highest BCUT2D eigenvalue weighted by Crippen LogP contribution is 2.51. The van der Waals surface area contributed by atoms with Gasteiger partial charge in [-0.3, -0.25) is 0 Å². The number of ether oxygens (including phenoxy) is 3. The maximum atomic E-state index is 5.95. The lowest BCUT2D eigenvalue weighted by atomic mass is 9.97. The van der Waals surface area contributed by atoms with Crippen LogP contribution in [-0.4, -0.2) is 38.6 Å². The molecule has 2 rings (SSSR count). The molecule has 0 aromatic heterocycles. The summed E-state index contributed by atoms with van der Waals surface area (Å²) in [5, 5.41) is 0. The number of hydrogen-bond acceptors (Lipinski definition) is 3. The van der Waals surface area contributed by atoms with Gasteiger partial charge in [0.25, 0.3) is 0 Å². The molecule has 1 heterocycles. The van der Waals surface area contributed by atoms with Crippen molar-refractivity contribution in [3.05, 3.63) is 12.2 Å². The summed E-state index contributed by atoms with van der Waals surface area (Å²) >= 11 is 0. The zero-order chi connectivity index (χ0) is 10.3. The Morgan fingerprint density at radius 3 is 2.79 bits per heavy atom. The molecule has 2 fully saturated rings. The lowest BCUT2D eigenvalue weighted by Gasteiger charge is -2.30. The van der Waals surface area contributed by atoms with Gasteiger partial charge in [0, 0.05) is 26.6 Å². The standard InChI is InChI=1S/C11H18O3/c1-7-5-11(6-12-3)10(13-4)9(7)8(2)14-11/h8-10H,1,5-6H2,2-4H3/t8-,9-,10-,11?/m0/s1. The minimum atomic E-state index is -0.273. The van der Waals surface area contributed by atoms with Crippen molar-refractivity contribution in [1.29, 1.82) is 0 Å². The monoisotopic (exact) mass is 198 g/mol. The lowest BCUT2D eigenvalue weighted by Crippen LogP contribution is -2.42. The van der Waals surface area contributed by atoms with E-state index in [1.807, 2.05) is 0 Å². The fourth-order valence-corrected chi connectivity index (χ4v) is 3.05. The summed E-state index contributed by atoms with van der Waals surface area (Å²) in [5.41, 5.74) is 0.970. The second kappa shape index (κ2) is 3.33. The molecule has 2 bridgehead atoms. The topological polar surface area (TPSA) is 27.7 Å². The molecule has 1 aliphatic carbocycles. The minimum absolute atomic E-state index is 0.116. The Hall–Kier alpha value is -0.380. The summed E-state index contributed by atoms with van der Waals surface area (Å²) in [5.74, 6) is 0.343. The summed E-state index contributed by atoms with van der Waals surface area (Å²) in [6.07, 6.45) is 1.19. The highest BCUT2D eigenvalue weighted by atomic mass is 16.6. The molecule has 3 heteroatoms. The van der Waals surface area contributed by atoms with Crippen molar-refractivity contribution in [2.45, 2.75) is 31.2 Å². The van der Waals surface area contributed by atoms with Crippen molar-refractivity contribution in [1.82, 2.24) is 0 Å². The van der Waals surface area contributed by atoms with Crippen molar-refractivity contribution >= 4 is 0 Å². The molecule has 2 aliphatic rings. The Bertz CT molecular complexity index is 251. The molecule has 1 unspecified atom stereocenters. The van der Waals surface area contributed by atoms with E-state index >= 15 is 0 Å². The maximum Gasteiger partial charge on any atom is 0.122 e. The molecule has 1 saturated carbocycles. The van der Waals surface area contributed by atoms with Gasteiger partial charge in [-0.15, -0.1) is 0 Å². The number of methoxy groups -OCH3 is 2. The van der Waals surface area contributed by atoms with Crippen LogP contribution in [0.15, 0.2) is 12.2 Å². The van der Waals surface area contributed by atoms with E-state index < -0.39 is 0 Å². The van der Waals surface area contributed by atoms with Crippen LogP contribution in [0.2, 0.25) is 0 Å². The van der Waals surface area contributed by atoms with Crippen LogP contribution in [0.5, 0.6) is 0 Å². The third kappa shape index (κ3) is 1.16. The number of hydrogen-bond donors (Lipinski definition) is 0. The highest BCUT2D eigenvalue weighted by molar-refractivity contribution is 5.26. The fraction of sp³-hybridized carbons (Fsp3) is 0.818. The van der Waals surface area contributed by atoms with Gasteiger partial charge in [0.05, 0.1) is 18.8 Å². The Morgan fingerprint density at radius 1 is 1.57 bits per heavy atom. The third-order valence-corrected chi connectivity index (χ3v) is 3.41. The van der Waals surface area contributed by atoms with Crippen LogP contribution in [-0.2, 0) is 14.2 Å². The van der Waals surface area contributed by atoms with Crippen molar-refractivity contribution in [2.24, 2.45) is 5.92 Å². The molecule has 1 aliphatic heterocycles. The van der Waals surface area contributed by atoms with Gasteiger partial charge in [-0.25, -0.2) is 0 Å². The van der Waals surface area contributed by atoms with Gasteiger partial charge in [-0.1, -0.05) is 12.2 Å². The SMILES string of the molecule is C=C1CC2(COC)O[C@@H](C)[C@H]1[C@@H]2OC. The van der Waals surface area contributed by atoms with Gasteiger partial charge in [0.15, 0.2) is 0 Å². The Morgan fingerprint density at radius 2 is 2.29 bits per heavy atom. The van der Waals surface area contributed by atoms with Crippen LogP contribution in [0.3, 0.4) is 0 Å². The van der Waals surface area contributed by atoms with Crippen LogP contribution in [0.25, 0.3) is 0 Å². The average Bonchev–Trinajstić information content (AvgIpc) is 2.51. The van der Waals surface area contributed by atoms with Gasteiger partial charge in [0.1, 0.15) is 5.60 Å². The molecule has 1 saturated heterocycles. The number of rotatable bonds is 3. The van der Waals surface area contributed by atoms with E-state index in [2.05, 4.69) is 13.5 Å². The Balaban J connectivity index is 2.27. The Labute approximate surface area is 85.0 Å². The summed E-state index contributed by atoms with van der Waals surface area (Å²) in [6.45, 7) is 6.77. The van der Waals surface area contributed by atoms with Gasteiger partial charge in [-0.05, 0) is 6.92 Å². The highest BCUT2D eigenvalue weighted by Gasteiger charge is 2.60. The fourth-order valence-electron chi connectivity index (χ4n) is 3.05. The van der Waals surface area contributed by atoms with E-state index in [1.54, 1.807) is 14.2 Å². The van der Waals surface area contributed by atoms with E-state index in [1.165, 1.54) is 5.57 Å². The zero-order valence-corrected chi connectivity index (χ0v) is 9.08. The van der Waals surface area contributed by atoms with Crippen molar-refractivity contribution < 1.29 is 14.2 Å². The summed E-state index contributed by atoms with van der Waals surface area (Å²) in [4.78, 5) is 0. The predicted octanol–water partition coefficient (Wildman–Crippen LogP) is 1.38. The average molecular weight is 198 g/mol. The predicted molar refractivity (Wildman–Crippen MR) is 53.2 cm³/mol. The van der Waals surface area contributed by atoms with Crippen molar-refractivity contribution in [3.63, 3.8) is 0 Å². The molecule has 80 valence electrons. The first-order chi connectivity index (χ1) is 6.64. The molecule has 14 heavy (non-hydrogen) atoms. The second-order valence-corrected chi connectivity index (χ2v) is 4.34. The van der Waals surface area contributed by atoms with Crippen LogP contribution in [0.4, 0.5) is 0 Å². The molecule has 0 spiro atoms. The normalized spacial score (nSPS) is 46.2. The number of fused-ring (bicyclic) bond motifs is 2. The molecular weight excluding hydrogens is 180 g/mol. The molecule has 0 N–H and O–H groups in total. The maximum absolute atomic E-state index is 5.95. The molecule has 0 amide bonds. The van der Waals surface area contributed by atoms with Crippen LogP contribution < -0.4 is 0 Å². The summed E-state index contributed by atoms with van der Waals surface area (Å²) in [7, 11) is 3.44. The van der Waals surface area contributed by atoms with E-state index in [-0.39, 0.29) is 17.8 Å². The van der Waals surface area contributed by atoms with Gasteiger partial charge in [0.2, 0.25) is 0 Å². The first-order valence-corrected chi connectivity index (χ1v) is 5.02. The first kappa shape index (κ1) is 10.1. The van der Waals surface area contributed by atoms with Crippen molar-refractivity contribution in [3.8, 4) is 0 Å². The van der Waals surface area contributed by atoms with Crippen LogP contribution in [0, 0.1) is 5.92 Å². The molecule has 3 nitrogen and oxygen atoms in total. The van der Waals surface area contributed by atoms with Crippen LogP contribution in [0.1, 0.15) is 13.3 Å². The molecule has 4 atom stereocenters. The second-order valence-electron chi connectivity index (χ2n) is 4.34. The minimum Gasteiger partial charge on any atom is -0.382 e. The van der Waals surface area contributed by atoms with Gasteiger partial charge < -0.3 is 14.2 Å². The van der Waals surface area contributed by atoms with E-state index in [0.717, 1.165) is 6.42 Å². The summed E-state index contributed by atoms with van der Waals surface area (Å²) < 4.78 is 16.7. The molecule has 0 radical (unpaired) electrons. The van der Waals surface area contributed by atoms with E-state index in [0.29, 0.717) is 12.5 Å². The Kier molecular flexibility index (Phi) is 2.41. The smallest absolute Gasteiger partial charge is 0.122 e. The largest absolute Gasteiger partial charge is 0.382 e.